The first-order valence-electron chi connectivity index (χ1n) is 9.20. The van der Waals surface area contributed by atoms with Crippen molar-refractivity contribution in [1.82, 2.24) is 9.80 Å². The van der Waals surface area contributed by atoms with Crippen molar-refractivity contribution in [2.24, 2.45) is 5.41 Å². The van der Waals surface area contributed by atoms with Crippen LogP contribution in [0.2, 0.25) is 0 Å². The summed E-state index contributed by atoms with van der Waals surface area (Å²) in [6.45, 7) is 8.24. The van der Waals surface area contributed by atoms with Crippen LogP contribution in [0.15, 0.2) is 24.3 Å². The molecule has 2 amide bonds. The Labute approximate surface area is 159 Å². The second-order valence-electron chi connectivity index (χ2n) is 8.38. The first-order chi connectivity index (χ1) is 12.2. The Bertz CT molecular complexity index is 693. The third-order valence-corrected chi connectivity index (χ3v) is 6.63. The van der Waals surface area contributed by atoms with Gasteiger partial charge >= 0.3 is 0 Å². The molecule has 1 spiro atoms. The van der Waals surface area contributed by atoms with E-state index in [1.807, 2.05) is 9.80 Å². The molecule has 2 fully saturated rings. The zero-order valence-corrected chi connectivity index (χ0v) is 16.6. The van der Waals surface area contributed by atoms with Gasteiger partial charge in [0.05, 0.1) is 4.87 Å². The number of nitrogens with zero attached hydrogens (tertiary/aromatic N) is 2. The average molecular weight is 379 g/mol. The van der Waals surface area contributed by atoms with E-state index in [0.29, 0.717) is 31.6 Å². The van der Waals surface area contributed by atoms with Gasteiger partial charge in [0.15, 0.2) is 0 Å². The molecule has 2 saturated heterocycles. The largest absolute Gasteiger partial charge is 0.342 e. The van der Waals surface area contributed by atoms with Crippen LogP contribution >= 0.6 is 11.8 Å². The van der Waals surface area contributed by atoms with Gasteiger partial charge < -0.3 is 9.80 Å². The van der Waals surface area contributed by atoms with Gasteiger partial charge in [-0.05, 0) is 36.5 Å². The van der Waals surface area contributed by atoms with Crippen LogP contribution in [0, 0.1) is 11.2 Å². The molecule has 2 heterocycles. The lowest BCUT2D eigenvalue weighted by atomic mass is 9.91. The Morgan fingerprint density at radius 1 is 1.19 bits per heavy atom. The SMILES string of the molecule is CC(C)(C)CC(=O)N1CCC2(CC1)SCCN2C(=O)c1cccc(F)c1. The minimum absolute atomic E-state index is 0.0201. The molecule has 1 aromatic carbocycles. The Balaban J connectivity index is 1.69. The fourth-order valence-corrected chi connectivity index (χ4v) is 5.21. The van der Waals surface area contributed by atoms with Gasteiger partial charge in [-0.1, -0.05) is 26.8 Å². The number of carbonyl (C=O) groups excluding carboxylic acids is 2. The number of benzene rings is 1. The summed E-state index contributed by atoms with van der Waals surface area (Å²) in [7, 11) is 0. The third-order valence-electron chi connectivity index (χ3n) is 5.07. The Hall–Kier alpha value is -1.56. The number of hydrogen-bond donors (Lipinski definition) is 0. The maximum absolute atomic E-state index is 13.5. The molecule has 0 radical (unpaired) electrons. The number of rotatable bonds is 2. The van der Waals surface area contributed by atoms with E-state index in [1.165, 1.54) is 12.1 Å². The summed E-state index contributed by atoms with van der Waals surface area (Å²) in [6.07, 6.45) is 2.09. The highest BCUT2D eigenvalue weighted by Gasteiger charge is 2.47. The molecular formula is C20H27FN2O2S. The average Bonchev–Trinajstić information content (AvgIpc) is 2.96. The second kappa shape index (κ2) is 7.22. The molecular weight excluding hydrogens is 351 g/mol. The van der Waals surface area contributed by atoms with Gasteiger partial charge in [-0.3, -0.25) is 9.59 Å². The zero-order valence-electron chi connectivity index (χ0n) is 15.8. The molecule has 1 aromatic rings. The van der Waals surface area contributed by atoms with E-state index in [1.54, 1.807) is 23.9 Å². The van der Waals surface area contributed by atoms with E-state index in [-0.39, 0.29) is 27.9 Å². The molecule has 0 bridgehead atoms. The molecule has 142 valence electrons. The minimum Gasteiger partial charge on any atom is -0.342 e. The summed E-state index contributed by atoms with van der Waals surface area (Å²) in [6, 6.07) is 5.90. The van der Waals surface area contributed by atoms with Crippen molar-refractivity contribution >= 4 is 23.6 Å². The van der Waals surface area contributed by atoms with Crippen LogP contribution in [0.25, 0.3) is 0 Å². The third kappa shape index (κ3) is 4.05. The van der Waals surface area contributed by atoms with E-state index in [9.17, 15) is 14.0 Å². The molecule has 3 rings (SSSR count). The van der Waals surface area contributed by atoms with Crippen LogP contribution in [0.1, 0.15) is 50.4 Å². The molecule has 0 atom stereocenters. The lowest BCUT2D eigenvalue weighted by Crippen LogP contribution is -2.53. The lowest BCUT2D eigenvalue weighted by molar-refractivity contribution is -0.134. The molecule has 0 unspecified atom stereocenters. The molecule has 0 aromatic heterocycles. The monoisotopic (exact) mass is 378 g/mol. The van der Waals surface area contributed by atoms with E-state index < -0.39 is 0 Å². The van der Waals surface area contributed by atoms with Crippen molar-refractivity contribution < 1.29 is 14.0 Å². The number of carbonyl (C=O) groups is 2. The summed E-state index contributed by atoms with van der Waals surface area (Å²) in [4.78, 5) is 29.0. The predicted molar refractivity (Wildman–Crippen MR) is 103 cm³/mol. The standard InChI is InChI=1S/C20H27FN2O2S/c1-19(2,3)14-17(24)22-9-7-20(8-10-22)23(11-12-26-20)18(25)15-5-4-6-16(21)13-15/h4-6,13H,7-12,14H2,1-3H3. The normalized spacial score (nSPS) is 19.8. The molecule has 0 saturated carbocycles. The number of thioether (sulfide) groups is 1. The first kappa shape index (κ1) is 19.2. The van der Waals surface area contributed by atoms with E-state index >= 15 is 0 Å². The highest BCUT2D eigenvalue weighted by molar-refractivity contribution is 8.00. The van der Waals surface area contributed by atoms with Crippen molar-refractivity contribution in [3.63, 3.8) is 0 Å². The number of hydrogen-bond acceptors (Lipinski definition) is 3. The van der Waals surface area contributed by atoms with Crippen molar-refractivity contribution in [3.8, 4) is 0 Å². The van der Waals surface area contributed by atoms with Gasteiger partial charge in [0.2, 0.25) is 5.91 Å². The highest BCUT2D eigenvalue weighted by Crippen LogP contribution is 2.44. The van der Waals surface area contributed by atoms with Crippen molar-refractivity contribution in [1.29, 1.82) is 0 Å². The first-order valence-corrected chi connectivity index (χ1v) is 10.2. The van der Waals surface area contributed by atoms with Gasteiger partial charge in [0, 0.05) is 37.4 Å². The molecule has 2 aliphatic heterocycles. The minimum atomic E-state index is -0.389. The van der Waals surface area contributed by atoms with Crippen LogP contribution < -0.4 is 0 Å². The molecule has 26 heavy (non-hydrogen) atoms. The van der Waals surface area contributed by atoms with Crippen molar-refractivity contribution in [2.45, 2.75) is 44.9 Å². The van der Waals surface area contributed by atoms with Gasteiger partial charge in [-0.15, -0.1) is 11.8 Å². The Kier molecular flexibility index (Phi) is 5.33. The topological polar surface area (TPSA) is 40.6 Å². The van der Waals surface area contributed by atoms with Crippen molar-refractivity contribution in [2.75, 3.05) is 25.4 Å². The lowest BCUT2D eigenvalue weighted by Gasteiger charge is -2.44. The molecule has 6 heteroatoms. The quantitative estimate of drug-likeness (QED) is 0.787. The maximum Gasteiger partial charge on any atom is 0.255 e. The maximum atomic E-state index is 13.5. The Morgan fingerprint density at radius 3 is 2.50 bits per heavy atom. The molecule has 0 N–H and O–H groups in total. The summed E-state index contributed by atoms with van der Waals surface area (Å²) >= 11 is 1.80. The van der Waals surface area contributed by atoms with E-state index in [4.69, 9.17) is 0 Å². The van der Waals surface area contributed by atoms with Crippen LogP contribution in [0.4, 0.5) is 4.39 Å². The molecule has 0 aliphatic carbocycles. The van der Waals surface area contributed by atoms with Crippen LogP contribution in [-0.2, 0) is 4.79 Å². The zero-order chi connectivity index (χ0) is 18.9. The molecule has 2 aliphatic rings. The molecule has 4 nitrogen and oxygen atoms in total. The Morgan fingerprint density at radius 2 is 1.88 bits per heavy atom. The summed E-state index contributed by atoms with van der Waals surface area (Å²) in [5.41, 5.74) is 0.381. The van der Waals surface area contributed by atoms with Gasteiger partial charge in [0.1, 0.15) is 5.82 Å². The van der Waals surface area contributed by atoms with E-state index in [2.05, 4.69) is 20.8 Å². The fourth-order valence-electron chi connectivity index (χ4n) is 3.76. The summed E-state index contributed by atoms with van der Waals surface area (Å²) < 4.78 is 13.5. The van der Waals surface area contributed by atoms with Crippen LogP contribution in [0.3, 0.4) is 0 Å². The van der Waals surface area contributed by atoms with Gasteiger partial charge in [0.25, 0.3) is 5.91 Å². The smallest absolute Gasteiger partial charge is 0.255 e. The fraction of sp³-hybridized carbons (Fsp3) is 0.600. The number of piperidine rings is 1. The van der Waals surface area contributed by atoms with Crippen molar-refractivity contribution in [3.05, 3.63) is 35.6 Å². The number of amides is 2. The highest BCUT2D eigenvalue weighted by atomic mass is 32.2. The van der Waals surface area contributed by atoms with E-state index in [0.717, 1.165) is 18.6 Å². The van der Waals surface area contributed by atoms with Crippen LogP contribution in [-0.4, -0.2) is 51.9 Å². The van der Waals surface area contributed by atoms with Gasteiger partial charge in [-0.25, -0.2) is 4.39 Å². The number of likely N-dealkylation sites (tertiary alicyclic amines) is 1. The predicted octanol–water partition coefficient (Wildman–Crippen LogP) is 3.77. The summed E-state index contributed by atoms with van der Waals surface area (Å²) in [5, 5.41) is 0. The number of halogens is 1. The second-order valence-corrected chi connectivity index (χ2v) is 9.84. The summed E-state index contributed by atoms with van der Waals surface area (Å²) in [5.74, 6) is 0.582. The van der Waals surface area contributed by atoms with Gasteiger partial charge in [-0.2, -0.15) is 0 Å². The van der Waals surface area contributed by atoms with Crippen LogP contribution in [0.5, 0.6) is 0 Å².